The summed E-state index contributed by atoms with van der Waals surface area (Å²) in [4.78, 5) is 66.2. The molecule has 3 amide bonds. The molecule has 1 saturated carbocycles. The minimum absolute atomic E-state index is 0.0768. The molecular weight excluding hydrogens is 811 g/mol. The fraction of sp³-hybridized carbons (Fsp3) is 0.652. The average Bonchev–Trinajstić information content (AvgIpc) is 3.82. The van der Waals surface area contributed by atoms with Crippen LogP contribution in [0.3, 0.4) is 0 Å². The quantitative estimate of drug-likeness (QED) is 0.136. The number of anilines is 1. The Kier molecular flexibility index (Phi) is 15.4. The molecule has 2 aromatic heterocycles. The van der Waals surface area contributed by atoms with Gasteiger partial charge in [-0.1, -0.05) is 30.3 Å². The number of rotatable bonds is 16. The van der Waals surface area contributed by atoms with Gasteiger partial charge >= 0.3 is 24.2 Å². The van der Waals surface area contributed by atoms with Crippen LogP contribution >= 0.6 is 0 Å². The summed E-state index contributed by atoms with van der Waals surface area (Å²) in [5.41, 5.74) is -0.453. The molecule has 17 nitrogen and oxygen atoms in total. The third kappa shape index (κ3) is 14.0. The number of carbonyl (C=O) groups is 4. The maximum Gasteiger partial charge on any atom is 0.415 e. The number of alkyl carbamates (subject to hydrolysis) is 1. The molecule has 1 unspecified atom stereocenters. The number of benzene rings is 1. The first-order valence-corrected chi connectivity index (χ1v) is 21.9. The number of hydrogen-bond acceptors (Lipinski definition) is 12. The van der Waals surface area contributed by atoms with Crippen LogP contribution in [0.25, 0.3) is 11.0 Å². The number of carbonyl (C=O) groups excluding carboxylic acids is 3. The highest BCUT2D eigenvalue weighted by Crippen LogP contribution is 2.48. The molecule has 2 aliphatic rings. The Hall–Kier alpha value is -5.00. The van der Waals surface area contributed by atoms with E-state index < -0.39 is 52.9 Å². The topological polar surface area (TPSA) is 187 Å². The summed E-state index contributed by atoms with van der Waals surface area (Å²) in [6, 6.07) is 10.4. The molecule has 63 heavy (non-hydrogen) atoms. The Morgan fingerprint density at radius 1 is 0.857 bits per heavy atom. The lowest BCUT2D eigenvalue weighted by molar-refractivity contribution is -0.161. The summed E-state index contributed by atoms with van der Waals surface area (Å²) in [5, 5.41) is 13.4. The van der Waals surface area contributed by atoms with Gasteiger partial charge in [0.15, 0.2) is 11.6 Å². The smallest absolute Gasteiger partial charge is 0.415 e. The van der Waals surface area contributed by atoms with Crippen LogP contribution in [0.15, 0.2) is 48.9 Å². The van der Waals surface area contributed by atoms with Crippen molar-refractivity contribution < 1.29 is 48.0 Å². The number of amides is 3. The number of fused-ring (bicyclic) bond motifs is 2. The molecule has 3 heterocycles. The van der Waals surface area contributed by atoms with Crippen LogP contribution in [0.5, 0.6) is 0 Å². The maximum atomic E-state index is 13.5. The predicted molar refractivity (Wildman–Crippen MR) is 238 cm³/mol. The van der Waals surface area contributed by atoms with Crippen LogP contribution in [-0.4, -0.2) is 134 Å². The molecule has 1 aromatic carbocycles. The lowest BCUT2D eigenvalue weighted by Gasteiger charge is -2.31. The number of carboxylic acid groups (broad SMARTS) is 1. The van der Waals surface area contributed by atoms with Crippen molar-refractivity contribution >= 4 is 41.1 Å². The molecule has 2 N–H and O–H groups in total. The van der Waals surface area contributed by atoms with Crippen molar-refractivity contribution in [3.8, 4) is 0 Å². The van der Waals surface area contributed by atoms with E-state index in [1.807, 2.05) is 77.2 Å². The first kappa shape index (κ1) is 49.0. The third-order valence-electron chi connectivity index (χ3n) is 10.7. The van der Waals surface area contributed by atoms with Crippen LogP contribution < -0.4 is 10.2 Å². The molecule has 3 aromatic rings. The second-order valence-corrected chi connectivity index (χ2v) is 20.0. The van der Waals surface area contributed by atoms with Gasteiger partial charge in [-0.2, -0.15) is 0 Å². The Bertz CT molecular complexity index is 2040. The van der Waals surface area contributed by atoms with E-state index in [9.17, 15) is 24.3 Å². The minimum atomic E-state index is -1.21. The Labute approximate surface area is 371 Å². The second kappa shape index (κ2) is 19.8. The van der Waals surface area contributed by atoms with E-state index in [2.05, 4.69) is 24.8 Å². The Morgan fingerprint density at radius 2 is 1.49 bits per heavy atom. The van der Waals surface area contributed by atoms with Gasteiger partial charge in [0.1, 0.15) is 40.9 Å². The summed E-state index contributed by atoms with van der Waals surface area (Å²) in [5.74, 6) is -1.72. The standard InChI is InChI=1S/C46H69N7O10/c1-43(2,3)61-40(56)49-33(39(54)55)21-24-51(22-16-23-52(42(58)63-45(7,8)9)25-19-30-17-14-13-15-18-30)28-31-27-34(36-35(31)59-46(10,11)60-36)53-26-20-32-37(47-29-48-38(32)53)50(12)41(57)62-44(4,5)6/h13-15,17-18,20,26,29,31,33-36H,16,19,21-25,27-28H2,1-12H3,(H,49,56)(H,54,55)/t31-,33?,34-,35-,36+/m1/s1. The maximum absolute atomic E-state index is 13.5. The van der Waals surface area contributed by atoms with Crippen LogP contribution in [0, 0.1) is 5.92 Å². The fourth-order valence-corrected chi connectivity index (χ4v) is 8.08. The molecule has 348 valence electrons. The van der Waals surface area contributed by atoms with Gasteiger partial charge in [0, 0.05) is 45.3 Å². The van der Waals surface area contributed by atoms with Crippen molar-refractivity contribution in [3.63, 3.8) is 0 Å². The van der Waals surface area contributed by atoms with E-state index in [1.165, 1.54) is 11.2 Å². The molecule has 5 atom stereocenters. The molecule has 2 fully saturated rings. The number of carboxylic acids is 1. The molecule has 5 rings (SSSR count). The summed E-state index contributed by atoms with van der Waals surface area (Å²) in [6.07, 6.45) is 2.87. The average molecular weight is 880 g/mol. The highest BCUT2D eigenvalue weighted by atomic mass is 16.8. The largest absolute Gasteiger partial charge is 0.480 e. The SMILES string of the molecule is CN(C(=O)OC(C)(C)C)c1ncnc2c1ccn2[C@@H]1C[C@H](CN(CCCN(CCc2ccccc2)C(=O)OC(C)(C)C)CCC(NC(=O)OC(C)(C)C)C(=O)O)[C@H]2OC(C)(C)O[C@H]21. The summed E-state index contributed by atoms with van der Waals surface area (Å²) >= 11 is 0. The molecule has 0 spiro atoms. The molecule has 1 saturated heterocycles. The second-order valence-electron chi connectivity index (χ2n) is 20.0. The van der Waals surface area contributed by atoms with Crippen LogP contribution in [0.2, 0.25) is 0 Å². The van der Waals surface area contributed by atoms with E-state index in [0.717, 1.165) is 5.56 Å². The zero-order valence-electron chi connectivity index (χ0n) is 39.2. The lowest BCUT2D eigenvalue weighted by atomic mass is 10.0. The molecule has 1 aliphatic carbocycles. The molecule has 0 bridgehead atoms. The van der Waals surface area contributed by atoms with Gasteiger partial charge < -0.3 is 48.5 Å². The van der Waals surface area contributed by atoms with E-state index in [0.29, 0.717) is 68.8 Å². The first-order valence-electron chi connectivity index (χ1n) is 21.9. The number of ether oxygens (including phenoxy) is 5. The lowest BCUT2D eigenvalue weighted by Crippen LogP contribution is -2.46. The zero-order chi connectivity index (χ0) is 46.5. The molecule has 0 radical (unpaired) electrons. The van der Waals surface area contributed by atoms with Crippen LogP contribution in [0.1, 0.15) is 107 Å². The zero-order valence-corrected chi connectivity index (χ0v) is 39.2. The number of nitrogens with zero attached hydrogens (tertiary/aromatic N) is 6. The van der Waals surface area contributed by atoms with Crippen molar-refractivity contribution in [1.82, 2.24) is 29.7 Å². The van der Waals surface area contributed by atoms with Crippen molar-refractivity contribution in [3.05, 3.63) is 54.5 Å². The predicted octanol–water partition coefficient (Wildman–Crippen LogP) is 7.42. The van der Waals surface area contributed by atoms with Crippen molar-refractivity contribution in [2.45, 2.75) is 149 Å². The molecular formula is C46H69N7O10. The monoisotopic (exact) mass is 880 g/mol. The number of aromatic nitrogens is 3. The van der Waals surface area contributed by atoms with Gasteiger partial charge in [0.25, 0.3) is 0 Å². The molecule has 1 aliphatic heterocycles. The first-order chi connectivity index (χ1) is 29.3. The van der Waals surface area contributed by atoms with Crippen LogP contribution in [0.4, 0.5) is 20.2 Å². The van der Waals surface area contributed by atoms with Gasteiger partial charge in [0.05, 0.1) is 17.5 Å². The van der Waals surface area contributed by atoms with E-state index in [4.69, 9.17) is 23.7 Å². The van der Waals surface area contributed by atoms with Crippen molar-refractivity contribution in [1.29, 1.82) is 0 Å². The van der Waals surface area contributed by atoms with Gasteiger partial charge in [-0.3, -0.25) is 4.90 Å². The molecule has 17 heteroatoms. The minimum Gasteiger partial charge on any atom is -0.480 e. The number of nitrogens with one attached hydrogen (secondary N) is 1. The van der Waals surface area contributed by atoms with Gasteiger partial charge in [-0.05, 0) is 120 Å². The van der Waals surface area contributed by atoms with Crippen molar-refractivity contribution in [2.24, 2.45) is 5.92 Å². The summed E-state index contributed by atoms with van der Waals surface area (Å²) in [6.45, 7) is 22.1. The van der Waals surface area contributed by atoms with Crippen LogP contribution in [-0.2, 0) is 34.9 Å². The summed E-state index contributed by atoms with van der Waals surface area (Å²) < 4.78 is 32.1. The van der Waals surface area contributed by atoms with E-state index in [1.54, 1.807) is 53.5 Å². The number of aliphatic carboxylic acids is 1. The summed E-state index contributed by atoms with van der Waals surface area (Å²) in [7, 11) is 1.62. The Balaban J connectivity index is 1.40. The number of hydrogen-bond donors (Lipinski definition) is 2. The highest BCUT2D eigenvalue weighted by molar-refractivity contribution is 5.97. The Morgan fingerprint density at radius 3 is 2.13 bits per heavy atom. The normalized spacial score (nSPS) is 20.3. The third-order valence-corrected chi connectivity index (χ3v) is 10.7. The van der Waals surface area contributed by atoms with Crippen molar-refractivity contribution in [2.75, 3.05) is 44.7 Å². The highest BCUT2D eigenvalue weighted by Gasteiger charge is 2.55. The fourth-order valence-electron chi connectivity index (χ4n) is 8.08. The van der Waals surface area contributed by atoms with Gasteiger partial charge in [-0.15, -0.1) is 0 Å². The van der Waals surface area contributed by atoms with Gasteiger partial charge in [0.2, 0.25) is 0 Å². The van der Waals surface area contributed by atoms with Gasteiger partial charge in [-0.25, -0.2) is 29.1 Å². The van der Waals surface area contributed by atoms with E-state index >= 15 is 0 Å². The van der Waals surface area contributed by atoms with E-state index in [-0.39, 0.29) is 30.6 Å².